The van der Waals surface area contributed by atoms with Crippen LogP contribution in [-0.4, -0.2) is 23.0 Å². The maximum atomic E-state index is 12.0. The van der Waals surface area contributed by atoms with Gasteiger partial charge in [0.25, 0.3) is 0 Å². The molecule has 1 heterocycles. The van der Waals surface area contributed by atoms with Gasteiger partial charge >= 0.3 is 5.97 Å². The summed E-state index contributed by atoms with van der Waals surface area (Å²) in [6.45, 7) is 5.92. The molecule has 138 valence electrons. The average Bonchev–Trinajstić information content (AvgIpc) is 2.64. The second-order valence-corrected chi connectivity index (χ2v) is 6.29. The van der Waals surface area contributed by atoms with Crippen molar-refractivity contribution in [2.75, 3.05) is 17.7 Å². The van der Waals surface area contributed by atoms with Gasteiger partial charge in [0, 0.05) is 11.8 Å². The minimum Gasteiger partial charge on any atom is -0.465 e. The zero-order chi connectivity index (χ0) is 19.4. The monoisotopic (exact) mass is 362 g/mol. The molecule has 0 saturated carbocycles. The average molecular weight is 362 g/mol. The Bertz CT molecular complexity index is 986. The first-order valence-electron chi connectivity index (χ1n) is 8.60. The van der Waals surface area contributed by atoms with Gasteiger partial charge in [-0.1, -0.05) is 24.3 Å². The summed E-state index contributed by atoms with van der Waals surface area (Å²) in [7, 11) is 1.36. The first-order chi connectivity index (χ1) is 13.0. The molecule has 0 unspecified atom stereocenters. The standard InChI is InChI=1S/C21H22N4O2/c1-13-9-10-14(2)18(11-13)25-20-12-19(22-15(3)23-20)24-17-8-6-5-7-16(17)21(26)27-4/h5-12H,1-4H3,(H2,22,23,24,25). The molecular formula is C21H22N4O2. The fourth-order valence-corrected chi connectivity index (χ4v) is 2.72. The topological polar surface area (TPSA) is 76.1 Å². The minimum atomic E-state index is -0.405. The van der Waals surface area contributed by atoms with E-state index in [0.29, 0.717) is 28.7 Å². The Morgan fingerprint density at radius 2 is 1.56 bits per heavy atom. The van der Waals surface area contributed by atoms with Gasteiger partial charge in [-0.05, 0) is 50.1 Å². The third-order valence-electron chi connectivity index (χ3n) is 4.09. The largest absolute Gasteiger partial charge is 0.465 e. The van der Waals surface area contributed by atoms with E-state index in [9.17, 15) is 4.79 Å². The van der Waals surface area contributed by atoms with E-state index < -0.39 is 5.97 Å². The van der Waals surface area contributed by atoms with E-state index >= 15 is 0 Å². The quantitative estimate of drug-likeness (QED) is 0.642. The first kappa shape index (κ1) is 18.4. The normalized spacial score (nSPS) is 10.4. The number of carbonyl (C=O) groups excluding carboxylic acids is 1. The summed E-state index contributed by atoms with van der Waals surface area (Å²) in [5, 5.41) is 6.53. The van der Waals surface area contributed by atoms with Crippen molar-refractivity contribution in [3.63, 3.8) is 0 Å². The van der Waals surface area contributed by atoms with Gasteiger partial charge in [0.15, 0.2) is 0 Å². The molecule has 3 aromatic rings. The Morgan fingerprint density at radius 3 is 2.26 bits per heavy atom. The lowest BCUT2D eigenvalue weighted by atomic mass is 10.1. The number of ether oxygens (including phenoxy) is 1. The highest BCUT2D eigenvalue weighted by atomic mass is 16.5. The molecule has 6 nitrogen and oxygen atoms in total. The summed E-state index contributed by atoms with van der Waals surface area (Å²) in [4.78, 5) is 20.8. The molecule has 0 spiro atoms. The highest BCUT2D eigenvalue weighted by molar-refractivity contribution is 5.96. The fourth-order valence-electron chi connectivity index (χ4n) is 2.72. The zero-order valence-electron chi connectivity index (χ0n) is 15.8. The number of rotatable bonds is 5. The lowest BCUT2D eigenvalue weighted by Crippen LogP contribution is -2.07. The zero-order valence-corrected chi connectivity index (χ0v) is 15.8. The van der Waals surface area contributed by atoms with Crippen LogP contribution in [0.1, 0.15) is 27.3 Å². The highest BCUT2D eigenvalue weighted by Crippen LogP contribution is 2.25. The van der Waals surface area contributed by atoms with E-state index in [2.05, 4.69) is 38.8 Å². The number of hydrogen-bond donors (Lipinski definition) is 2. The predicted octanol–water partition coefficient (Wildman–Crippen LogP) is 4.68. The van der Waals surface area contributed by atoms with Crippen LogP contribution in [0.25, 0.3) is 0 Å². The maximum Gasteiger partial charge on any atom is 0.339 e. The number of nitrogens with zero attached hydrogens (tertiary/aromatic N) is 2. The molecule has 0 aliphatic heterocycles. The maximum absolute atomic E-state index is 12.0. The summed E-state index contributed by atoms with van der Waals surface area (Å²) >= 11 is 0. The number of nitrogens with one attached hydrogen (secondary N) is 2. The molecule has 6 heteroatoms. The smallest absolute Gasteiger partial charge is 0.339 e. The Kier molecular flexibility index (Phi) is 5.35. The fraction of sp³-hybridized carbons (Fsp3) is 0.190. The van der Waals surface area contributed by atoms with E-state index in [-0.39, 0.29) is 0 Å². The molecule has 0 atom stereocenters. The van der Waals surface area contributed by atoms with E-state index in [0.717, 1.165) is 11.3 Å². The van der Waals surface area contributed by atoms with Crippen molar-refractivity contribution in [2.45, 2.75) is 20.8 Å². The van der Waals surface area contributed by atoms with E-state index in [1.54, 1.807) is 12.1 Å². The second kappa shape index (κ2) is 7.86. The van der Waals surface area contributed by atoms with Crippen LogP contribution < -0.4 is 10.6 Å². The first-order valence-corrected chi connectivity index (χ1v) is 8.60. The molecule has 0 radical (unpaired) electrons. The van der Waals surface area contributed by atoms with E-state index in [4.69, 9.17) is 4.74 Å². The van der Waals surface area contributed by atoms with Gasteiger partial charge < -0.3 is 15.4 Å². The van der Waals surface area contributed by atoms with Crippen molar-refractivity contribution in [3.05, 3.63) is 71.0 Å². The summed E-state index contributed by atoms with van der Waals surface area (Å²) in [5.41, 5.74) is 4.36. The Morgan fingerprint density at radius 1 is 0.889 bits per heavy atom. The summed E-state index contributed by atoms with van der Waals surface area (Å²) < 4.78 is 4.84. The number of aromatic nitrogens is 2. The van der Waals surface area contributed by atoms with E-state index in [1.807, 2.05) is 39.0 Å². The van der Waals surface area contributed by atoms with Crippen molar-refractivity contribution < 1.29 is 9.53 Å². The number of anilines is 4. The van der Waals surface area contributed by atoms with Gasteiger partial charge in [0.1, 0.15) is 17.5 Å². The Balaban J connectivity index is 1.91. The number of esters is 1. The molecule has 0 bridgehead atoms. The van der Waals surface area contributed by atoms with Gasteiger partial charge in [0.05, 0.1) is 18.4 Å². The Labute approximate surface area is 158 Å². The molecule has 3 rings (SSSR count). The molecule has 0 aliphatic carbocycles. The van der Waals surface area contributed by atoms with Crippen molar-refractivity contribution in [2.24, 2.45) is 0 Å². The van der Waals surface area contributed by atoms with Crippen LogP contribution >= 0.6 is 0 Å². The molecule has 0 saturated heterocycles. The highest BCUT2D eigenvalue weighted by Gasteiger charge is 2.12. The van der Waals surface area contributed by atoms with Crippen molar-refractivity contribution in [1.29, 1.82) is 0 Å². The van der Waals surface area contributed by atoms with Crippen LogP contribution in [0.15, 0.2) is 48.5 Å². The van der Waals surface area contributed by atoms with Gasteiger partial charge in [-0.2, -0.15) is 0 Å². The third kappa shape index (κ3) is 4.41. The van der Waals surface area contributed by atoms with Gasteiger partial charge in [-0.25, -0.2) is 14.8 Å². The summed E-state index contributed by atoms with van der Waals surface area (Å²) in [6.07, 6.45) is 0. The van der Waals surface area contributed by atoms with Crippen LogP contribution in [0.5, 0.6) is 0 Å². The van der Waals surface area contributed by atoms with Crippen LogP contribution in [0, 0.1) is 20.8 Å². The number of carbonyl (C=O) groups is 1. The second-order valence-electron chi connectivity index (χ2n) is 6.29. The van der Waals surface area contributed by atoms with Crippen molar-refractivity contribution >= 4 is 29.0 Å². The van der Waals surface area contributed by atoms with Gasteiger partial charge in [-0.3, -0.25) is 0 Å². The van der Waals surface area contributed by atoms with Crippen LogP contribution in [-0.2, 0) is 4.74 Å². The lowest BCUT2D eigenvalue weighted by Gasteiger charge is -2.13. The molecule has 0 fully saturated rings. The Hall–Kier alpha value is -3.41. The lowest BCUT2D eigenvalue weighted by molar-refractivity contribution is 0.0602. The van der Waals surface area contributed by atoms with Crippen molar-refractivity contribution in [1.82, 2.24) is 9.97 Å². The molecular weight excluding hydrogens is 340 g/mol. The molecule has 27 heavy (non-hydrogen) atoms. The van der Waals surface area contributed by atoms with Crippen LogP contribution in [0.4, 0.5) is 23.0 Å². The summed E-state index contributed by atoms with van der Waals surface area (Å²) in [5.74, 6) is 1.47. The van der Waals surface area contributed by atoms with E-state index in [1.165, 1.54) is 12.7 Å². The van der Waals surface area contributed by atoms with Crippen LogP contribution in [0.2, 0.25) is 0 Å². The number of aryl methyl sites for hydroxylation is 3. The van der Waals surface area contributed by atoms with Crippen LogP contribution in [0.3, 0.4) is 0 Å². The third-order valence-corrected chi connectivity index (χ3v) is 4.09. The SMILES string of the molecule is COC(=O)c1ccccc1Nc1cc(Nc2cc(C)ccc2C)nc(C)n1. The molecule has 1 aromatic heterocycles. The predicted molar refractivity (Wildman–Crippen MR) is 107 cm³/mol. The van der Waals surface area contributed by atoms with Gasteiger partial charge in [0.2, 0.25) is 0 Å². The number of benzene rings is 2. The van der Waals surface area contributed by atoms with Crippen molar-refractivity contribution in [3.8, 4) is 0 Å². The number of hydrogen-bond acceptors (Lipinski definition) is 6. The summed E-state index contributed by atoms with van der Waals surface area (Å²) in [6, 6.07) is 15.2. The molecule has 0 aliphatic rings. The molecule has 0 amide bonds. The van der Waals surface area contributed by atoms with Gasteiger partial charge in [-0.15, -0.1) is 0 Å². The molecule has 2 N–H and O–H groups in total. The molecule has 2 aromatic carbocycles. The minimum absolute atomic E-state index is 0.405. The number of para-hydroxylation sites is 1. The number of methoxy groups -OCH3 is 1.